The number of nitrogens with zero attached hydrogens (tertiary/aromatic N) is 2. The number of nitrogens with one attached hydrogen (secondary N) is 1. The van der Waals surface area contributed by atoms with Gasteiger partial charge in [-0.3, -0.25) is 9.78 Å². The van der Waals surface area contributed by atoms with Gasteiger partial charge in [-0.1, -0.05) is 22.0 Å². The first-order valence-electron chi connectivity index (χ1n) is 7.44. The molecule has 1 aromatic heterocycles. The third-order valence-electron chi connectivity index (χ3n) is 3.81. The number of rotatable bonds is 4. The van der Waals surface area contributed by atoms with Crippen LogP contribution in [0.3, 0.4) is 0 Å². The Morgan fingerprint density at radius 1 is 1.21 bits per heavy atom. The number of benzene rings is 1. The maximum atomic E-state index is 12.4. The molecule has 1 aliphatic rings. The number of carbonyl (C=O) groups is 1. The van der Waals surface area contributed by atoms with Crippen LogP contribution in [0.1, 0.15) is 16.9 Å². The SMILES string of the molecule is O=C(c1ccccn1)N1CCC(NS(=O)(=O)c2ccc(Br)cc2)C1. The molecular formula is C16H16BrN3O3S. The lowest BCUT2D eigenvalue weighted by atomic mass is 10.3. The minimum absolute atomic E-state index is 0.180. The van der Waals surface area contributed by atoms with Crippen LogP contribution in [0.2, 0.25) is 0 Å². The third-order valence-corrected chi connectivity index (χ3v) is 5.87. The first-order valence-corrected chi connectivity index (χ1v) is 9.71. The van der Waals surface area contributed by atoms with E-state index in [9.17, 15) is 13.2 Å². The van der Waals surface area contributed by atoms with Gasteiger partial charge in [0.15, 0.2) is 0 Å². The van der Waals surface area contributed by atoms with Crippen LogP contribution in [0.4, 0.5) is 0 Å². The number of hydrogen-bond donors (Lipinski definition) is 1. The zero-order chi connectivity index (χ0) is 17.2. The molecule has 1 fully saturated rings. The number of halogens is 1. The third kappa shape index (κ3) is 3.82. The van der Waals surface area contributed by atoms with Crippen LogP contribution in [-0.4, -0.2) is 43.3 Å². The molecule has 1 N–H and O–H groups in total. The maximum absolute atomic E-state index is 12.4. The Morgan fingerprint density at radius 3 is 2.62 bits per heavy atom. The van der Waals surface area contributed by atoms with Gasteiger partial charge in [0.1, 0.15) is 5.69 Å². The summed E-state index contributed by atoms with van der Waals surface area (Å²) in [6, 6.07) is 11.3. The monoisotopic (exact) mass is 409 g/mol. The molecule has 0 aliphatic carbocycles. The molecular weight excluding hydrogens is 394 g/mol. The number of sulfonamides is 1. The van der Waals surface area contributed by atoms with Crippen LogP contribution >= 0.6 is 15.9 Å². The minimum atomic E-state index is -3.60. The summed E-state index contributed by atoms with van der Waals surface area (Å²) in [5.41, 5.74) is 0.369. The first-order chi connectivity index (χ1) is 11.5. The molecule has 3 rings (SSSR count). The highest BCUT2D eigenvalue weighted by Crippen LogP contribution is 2.18. The van der Waals surface area contributed by atoms with Crippen LogP contribution in [0.15, 0.2) is 58.0 Å². The summed E-state index contributed by atoms with van der Waals surface area (Å²) < 4.78 is 28.3. The van der Waals surface area contributed by atoms with Gasteiger partial charge >= 0.3 is 0 Å². The molecule has 24 heavy (non-hydrogen) atoms. The van der Waals surface area contributed by atoms with Crippen molar-refractivity contribution in [1.82, 2.24) is 14.6 Å². The van der Waals surface area contributed by atoms with E-state index in [-0.39, 0.29) is 16.8 Å². The molecule has 1 saturated heterocycles. The average molecular weight is 410 g/mol. The van der Waals surface area contributed by atoms with Gasteiger partial charge in [0.2, 0.25) is 10.0 Å². The predicted octanol–water partition coefficient (Wildman–Crippen LogP) is 2.04. The van der Waals surface area contributed by atoms with Gasteiger partial charge in [-0.05, 0) is 42.8 Å². The summed E-state index contributed by atoms with van der Waals surface area (Å²) >= 11 is 3.28. The standard InChI is InChI=1S/C16H16BrN3O3S/c17-12-4-6-14(7-5-12)24(22,23)19-13-8-10-20(11-13)16(21)15-3-1-2-9-18-15/h1-7,9,13,19H,8,10-11H2. The molecule has 8 heteroatoms. The molecule has 6 nitrogen and oxygen atoms in total. The van der Waals surface area contributed by atoms with E-state index in [0.717, 1.165) is 4.47 Å². The van der Waals surface area contributed by atoms with E-state index in [0.29, 0.717) is 25.2 Å². The van der Waals surface area contributed by atoms with E-state index in [1.54, 1.807) is 41.4 Å². The molecule has 2 heterocycles. The smallest absolute Gasteiger partial charge is 0.272 e. The van der Waals surface area contributed by atoms with E-state index in [2.05, 4.69) is 25.6 Å². The first kappa shape index (κ1) is 17.1. The van der Waals surface area contributed by atoms with Crippen molar-refractivity contribution in [3.8, 4) is 0 Å². The van der Waals surface area contributed by atoms with Crippen LogP contribution < -0.4 is 4.72 Å². The van der Waals surface area contributed by atoms with Crippen LogP contribution in [-0.2, 0) is 10.0 Å². The summed E-state index contributed by atoms with van der Waals surface area (Å²) in [5.74, 6) is -0.180. The van der Waals surface area contributed by atoms with Crippen molar-refractivity contribution in [2.45, 2.75) is 17.4 Å². The molecule has 0 saturated carbocycles. The Hall–Kier alpha value is -1.77. The Kier molecular flexibility index (Phi) is 4.98. The number of aromatic nitrogens is 1. The average Bonchev–Trinajstić information content (AvgIpc) is 3.03. The summed E-state index contributed by atoms with van der Waals surface area (Å²) in [4.78, 5) is 18.2. The molecule has 1 aliphatic heterocycles. The van der Waals surface area contributed by atoms with Gasteiger partial charge in [-0.25, -0.2) is 13.1 Å². The van der Waals surface area contributed by atoms with Crippen molar-refractivity contribution >= 4 is 31.9 Å². The summed E-state index contributed by atoms with van der Waals surface area (Å²) in [5, 5.41) is 0. The molecule has 1 unspecified atom stereocenters. The molecule has 1 amide bonds. The van der Waals surface area contributed by atoms with Gasteiger partial charge < -0.3 is 4.90 Å². The second-order valence-electron chi connectivity index (χ2n) is 5.53. The number of hydrogen-bond acceptors (Lipinski definition) is 4. The van der Waals surface area contributed by atoms with E-state index >= 15 is 0 Å². The molecule has 1 aromatic carbocycles. The van der Waals surface area contributed by atoms with Gasteiger partial charge in [0.05, 0.1) is 4.90 Å². The van der Waals surface area contributed by atoms with E-state index < -0.39 is 10.0 Å². The van der Waals surface area contributed by atoms with Crippen molar-refractivity contribution in [3.63, 3.8) is 0 Å². The highest BCUT2D eigenvalue weighted by atomic mass is 79.9. The normalized spacial score (nSPS) is 17.9. The topological polar surface area (TPSA) is 79.4 Å². The van der Waals surface area contributed by atoms with Gasteiger partial charge in [0, 0.05) is 29.8 Å². The van der Waals surface area contributed by atoms with E-state index in [1.165, 1.54) is 12.1 Å². The van der Waals surface area contributed by atoms with Crippen molar-refractivity contribution in [1.29, 1.82) is 0 Å². The number of amides is 1. The van der Waals surface area contributed by atoms with Crippen molar-refractivity contribution < 1.29 is 13.2 Å². The highest BCUT2D eigenvalue weighted by Gasteiger charge is 2.30. The maximum Gasteiger partial charge on any atom is 0.272 e. The van der Waals surface area contributed by atoms with Gasteiger partial charge in [-0.15, -0.1) is 0 Å². The minimum Gasteiger partial charge on any atom is -0.336 e. The number of likely N-dealkylation sites (tertiary alicyclic amines) is 1. The molecule has 2 aromatic rings. The van der Waals surface area contributed by atoms with E-state index in [4.69, 9.17) is 0 Å². The van der Waals surface area contributed by atoms with Crippen molar-refractivity contribution in [2.75, 3.05) is 13.1 Å². The van der Waals surface area contributed by atoms with Gasteiger partial charge in [-0.2, -0.15) is 0 Å². The fourth-order valence-corrected chi connectivity index (χ4v) is 4.12. The molecule has 126 valence electrons. The van der Waals surface area contributed by atoms with Crippen LogP contribution in [0, 0.1) is 0 Å². The Morgan fingerprint density at radius 2 is 1.96 bits per heavy atom. The summed E-state index contributed by atoms with van der Waals surface area (Å²) in [7, 11) is -3.60. The predicted molar refractivity (Wildman–Crippen MR) is 93.0 cm³/mol. The number of pyridine rings is 1. The summed E-state index contributed by atoms with van der Waals surface area (Å²) in [6.07, 6.45) is 2.14. The quantitative estimate of drug-likeness (QED) is 0.837. The molecule has 0 bridgehead atoms. The van der Waals surface area contributed by atoms with E-state index in [1.807, 2.05) is 0 Å². The lowest BCUT2D eigenvalue weighted by Gasteiger charge is -2.16. The molecule has 0 radical (unpaired) electrons. The Bertz CT molecular complexity index is 825. The largest absolute Gasteiger partial charge is 0.336 e. The Labute approximate surface area is 149 Å². The number of carbonyl (C=O) groups excluding carboxylic acids is 1. The fourth-order valence-electron chi connectivity index (χ4n) is 2.59. The van der Waals surface area contributed by atoms with Crippen LogP contribution in [0.5, 0.6) is 0 Å². The Balaban J connectivity index is 1.66. The highest BCUT2D eigenvalue weighted by molar-refractivity contribution is 9.10. The van der Waals surface area contributed by atoms with Crippen molar-refractivity contribution in [2.24, 2.45) is 0 Å². The van der Waals surface area contributed by atoms with Crippen molar-refractivity contribution in [3.05, 3.63) is 58.8 Å². The summed E-state index contributed by atoms with van der Waals surface area (Å²) in [6.45, 7) is 0.841. The van der Waals surface area contributed by atoms with Gasteiger partial charge in [0.25, 0.3) is 5.91 Å². The second kappa shape index (κ2) is 7.00. The lowest BCUT2D eigenvalue weighted by molar-refractivity contribution is 0.0784. The zero-order valence-corrected chi connectivity index (χ0v) is 15.1. The van der Waals surface area contributed by atoms with Crippen LogP contribution in [0.25, 0.3) is 0 Å². The lowest BCUT2D eigenvalue weighted by Crippen LogP contribution is -2.38. The molecule has 0 spiro atoms. The second-order valence-corrected chi connectivity index (χ2v) is 8.16. The zero-order valence-electron chi connectivity index (χ0n) is 12.7. The fraction of sp³-hybridized carbons (Fsp3) is 0.250. The molecule has 1 atom stereocenters.